The van der Waals surface area contributed by atoms with Crippen LogP contribution in [-0.4, -0.2) is 42.3 Å². The number of nitrogens with zero attached hydrogens (tertiary/aromatic N) is 1. The summed E-state index contributed by atoms with van der Waals surface area (Å²) in [4.78, 5) is 28.7. The molecule has 0 saturated heterocycles. The molecule has 20 heavy (non-hydrogen) atoms. The molecule has 2 aromatic rings. The average Bonchev–Trinajstić information content (AvgIpc) is 2.87. The molecular formula is C15H18N2O3. The van der Waals surface area contributed by atoms with Crippen LogP contribution < -0.4 is 4.74 Å². The predicted octanol–water partition coefficient (Wildman–Crippen LogP) is 2.15. The molecule has 1 N–H and O–H groups in total. The first kappa shape index (κ1) is 14.1. The van der Waals surface area contributed by atoms with E-state index in [-0.39, 0.29) is 0 Å². The highest BCUT2D eigenvalue weighted by Gasteiger charge is 2.24. The molecular weight excluding hydrogens is 256 g/mol. The standard InChI is InChI=1S/C15H18N2O3/c1-5-17(3)15(19)14(18)10-8-16-11-6-9(2)7-12(20-4)13(10)11/h6-8,16H,5H2,1-4H3. The number of aromatic amines is 1. The average molecular weight is 274 g/mol. The maximum absolute atomic E-state index is 12.3. The summed E-state index contributed by atoms with van der Waals surface area (Å²) in [6.45, 7) is 4.26. The number of hydrogen-bond donors (Lipinski definition) is 1. The second kappa shape index (κ2) is 5.36. The zero-order valence-electron chi connectivity index (χ0n) is 12.1. The molecule has 0 radical (unpaired) electrons. The van der Waals surface area contributed by atoms with Crippen LogP contribution in [0.3, 0.4) is 0 Å². The summed E-state index contributed by atoms with van der Waals surface area (Å²) in [5.74, 6) is -0.449. The van der Waals surface area contributed by atoms with Gasteiger partial charge in [0.1, 0.15) is 5.75 Å². The summed E-state index contributed by atoms with van der Waals surface area (Å²) < 4.78 is 5.33. The van der Waals surface area contributed by atoms with Crippen molar-refractivity contribution in [3.63, 3.8) is 0 Å². The summed E-state index contributed by atoms with van der Waals surface area (Å²) in [6.07, 6.45) is 1.57. The number of likely N-dealkylation sites (N-methyl/N-ethyl adjacent to an activating group) is 1. The van der Waals surface area contributed by atoms with Gasteiger partial charge < -0.3 is 14.6 Å². The van der Waals surface area contributed by atoms with Crippen molar-refractivity contribution in [1.82, 2.24) is 9.88 Å². The number of Topliss-reactive ketones (excluding diaryl/α,β-unsaturated/α-hetero) is 1. The monoisotopic (exact) mass is 274 g/mol. The number of fused-ring (bicyclic) bond motifs is 1. The fraction of sp³-hybridized carbons (Fsp3) is 0.333. The lowest BCUT2D eigenvalue weighted by Crippen LogP contribution is -2.32. The van der Waals surface area contributed by atoms with Gasteiger partial charge in [-0.05, 0) is 31.5 Å². The van der Waals surface area contributed by atoms with Gasteiger partial charge in [0, 0.05) is 19.8 Å². The van der Waals surface area contributed by atoms with Gasteiger partial charge in [-0.15, -0.1) is 0 Å². The van der Waals surface area contributed by atoms with E-state index >= 15 is 0 Å². The lowest BCUT2D eigenvalue weighted by Gasteiger charge is -2.13. The minimum atomic E-state index is -0.525. The smallest absolute Gasteiger partial charge is 0.294 e. The van der Waals surface area contributed by atoms with Crippen LogP contribution in [0.4, 0.5) is 0 Å². The summed E-state index contributed by atoms with van der Waals surface area (Å²) in [5.41, 5.74) is 2.16. The van der Waals surface area contributed by atoms with Crippen molar-refractivity contribution in [1.29, 1.82) is 0 Å². The molecule has 5 nitrogen and oxygen atoms in total. The van der Waals surface area contributed by atoms with Gasteiger partial charge in [0.2, 0.25) is 0 Å². The Balaban J connectivity index is 2.56. The zero-order chi connectivity index (χ0) is 14.9. The van der Waals surface area contributed by atoms with E-state index in [0.717, 1.165) is 11.1 Å². The maximum atomic E-state index is 12.3. The number of rotatable bonds is 4. The highest BCUT2D eigenvalue weighted by Crippen LogP contribution is 2.30. The molecule has 1 aromatic carbocycles. The number of carbonyl (C=O) groups excluding carboxylic acids is 2. The van der Waals surface area contributed by atoms with Crippen LogP contribution in [-0.2, 0) is 4.79 Å². The summed E-state index contributed by atoms with van der Waals surface area (Å²) in [6, 6.07) is 3.77. The van der Waals surface area contributed by atoms with Crippen LogP contribution in [0, 0.1) is 6.92 Å². The fourth-order valence-corrected chi connectivity index (χ4v) is 2.14. The number of hydrogen-bond acceptors (Lipinski definition) is 3. The first-order valence-corrected chi connectivity index (χ1v) is 6.45. The van der Waals surface area contributed by atoms with E-state index in [9.17, 15) is 9.59 Å². The van der Waals surface area contributed by atoms with E-state index in [2.05, 4.69) is 4.98 Å². The first-order valence-electron chi connectivity index (χ1n) is 6.45. The minimum absolute atomic E-state index is 0.349. The van der Waals surface area contributed by atoms with Crippen LogP contribution in [0.5, 0.6) is 5.75 Å². The number of ketones is 1. The van der Waals surface area contributed by atoms with E-state index in [4.69, 9.17) is 4.74 Å². The number of aryl methyl sites for hydroxylation is 1. The van der Waals surface area contributed by atoms with E-state index in [1.807, 2.05) is 26.0 Å². The molecule has 2 rings (SSSR count). The van der Waals surface area contributed by atoms with Crippen molar-refractivity contribution in [2.45, 2.75) is 13.8 Å². The van der Waals surface area contributed by atoms with Gasteiger partial charge in [0.25, 0.3) is 11.7 Å². The van der Waals surface area contributed by atoms with Gasteiger partial charge in [-0.3, -0.25) is 9.59 Å². The van der Waals surface area contributed by atoms with Crippen molar-refractivity contribution < 1.29 is 14.3 Å². The molecule has 0 fully saturated rings. The molecule has 106 valence electrons. The van der Waals surface area contributed by atoms with Crippen molar-refractivity contribution in [3.8, 4) is 5.75 Å². The summed E-state index contributed by atoms with van der Waals surface area (Å²) >= 11 is 0. The largest absolute Gasteiger partial charge is 0.496 e. The van der Waals surface area contributed by atoms with Crippen molar-refractivity contribution >= 4 is 22.6 Å². The van der Waals surface area contributed by atoms with Gasteiger partial charge in [0.05, 0.1) is 23.6 Å². The van der Waals surface area contributed by atoms with Crippen molar-refractivity contribution in [2.75, 3.05) is 20.7 Å². The Hall–Kier alpha value is -2.30. The lowest BCUT2D eigenvalue weighted by atomic mass is 10.1. The highest BCUT2D eigenvalue weighted by molar-refractivity contribution is 6.45. The van der Waals surface area contributed by atoms with Gasteiger partial charge in [-0.1, -0.05) is 0 Å². The van der Waals surface area contributed by atoms with Gasteiger partial charge in [0.15, 0.2) is 0 Å². The topological polar surface area (TPSA) is 62.4 Å². The number of H-pyrrole nitrogens is 1. The molecule has 0 aliphatic rings. The molecule has 1 aromatic heterocycles. The lowest BCUT2D eigenvalue weighted by molar-refractivity contribution is -0.125. The first-order chi connectivity index (χ1) is 9.49. The molecule has 0 aliphatic heterocycles. The van der Waals surface area contributed by atoms with Crippen LogP contribution in [0.1, 0.15) is 22.8 Å². The van der Waals surface area contributed by atoms with Gasteiger partial charge in [-0.2, -0.15) is 0 Å². The molecule has 1 heterocycles. The molecule has 0 aliphatic carbocycles. The third-order valence-corrected chi connectivity index (χ3v) is 3.37. The molecule has 0 saturated carbocycles. The van der Waals surface area contributed by atoms with E-state index in [0.29, 0.717) is 23.2 Å². The number of carbonyl (C=O) groups is 2. The number of nitrogens with one attached hydrogen (secondary N) is 1. The van der Waals surface area contributed by atoms with Crippen LogP contribution >= 0.6 is 0 Å². The Bertz CT molecular complexity index is 673. The molecule has 0 unspecified atom stereocenters. The number of aromatic nitrogens is 1. The highest BCUT2D eigenvalue weighted by atomic mass is 16.5. The molecule has 1 amide bonds. The third-order valence-electron chi connectivity index (χ3n) is 3.37. The molecule has 0 atom stereocenters. The maximum Gasteiger partial charge on any atom is 0.294 e. The Kier molecular flexibility index (Phi) is 3.79. The van der Waals surface area contributed by atoms with Gasteiger partial charge >= 0.3 is 0 Å². The van der Waals surface area contributed by atoms with E-state index in [1.54, 1.807) is 20.4 Å². The van der Waals surface area contributed by atoms with Crippen molar-refractivity contribution in [3.05, 3.63) is 29.5 Å². The molecule has 5 heteroatoms. The second-order valence-corrected chi connectivity index (χ2v) is 4.74. The molecule has 0 bridgehead atoms. The predicted molar refractivity (Wildman–Crippen MR) is 77.2 cm³/mol. The minimum Gasteiger partial charge on any atom is -0.496 e. The van der Waals surface area contributed by atoms with Crippen LogP contribution in [0.2, 0.25) is 0 Å². The zero-order valence-corrected chi connectivity index (χ0v) is 12.1. The number of amides is 1. The number of ether oxygens (including phenoxy) is 1. The Labute approximate surface area is 117 Å². The van der Waals surface area contributed by atoms with Gasteiger partial charge in [-0.25, -0.2) is 0 Å². The number of methoxy groups -OCH3 is 1. The SMILES string of the molecule is CCN(C)C(=O)C(=O)c1c[nH]c2cc(C)cc(OC)c12. The fourth-order valence-electron chi connectivity index (χ4n) is 2.14. The van der Waals surface area contributed by atoms with Crippen LogP contribution in [0.15, 0.2) is 18.3 Å². The quantitative estimate of drug-likeness (QED) is 0.686. The van der Waals surface area contributed by atoms with Crippen molar-refractivity contribution in [2.24, 2.45) is 0 Å². The number of benzene rings is 1. The summed E-state index contributed by atoms with van der Waals surface area (Å²) in [7, 11) is 3.16. The Morgan fingerprint density at radius 3 is 2.65 bits per heavy atom. The Morgan fingerprint density at radius 1 is 1.35 bits per heavy atom. The second-order valence-electron chi connectivity index (χ2n) is 4.74. The summed E-state index contributed by atoms with van der Waals surface area (Å²) in [5, 5.41) is 0.654. The third kappa shape index (κ3) is 2.27. The van der Waals surface area contributed by atoms with Crippen LogP contribution in [0.25, 0.3) is 10.9 Å². The van der Waals surface area contributed by atoms with E-state index in [1.165, 1.54) is 4.90 Å². The molecule has 0 spiro atoms. The Morgan fingerprint density at radius 2 is 2.05 bits per heavy atom. The normalized spacial score (nSPS) is 10.6. The van der Waals surface area contributed by atoms with E-state index < -0.39 is 11.7 Å².